The third-order valence-electron chi connectivity index (χ3n) is 4.71. The molecule has 2 N–H and O–H groups in total. The van der Waals surface area contributed by atoms with Crippen molar-refractivity contribution in [3.05, 3.63) is 65.2 Å². The van der Waals surface area contributed by atoms with Gasteiger partial charge in [0.25, 0.3) is 0 Å². The van der Waals surface area contributed by atoms with Crippen molar-refractivity contribution in [2.75, 3.05) is 11.9 Å². The minimum Gasteiger partial charge on any atom is -0.445 e. The summed E-state index contributed by atoms with van der Waals surface area (Å²) in [5.74, 6) is 0.495. The molecule has 0 unspecified atom stereocenters. The summed E-state index contributed by atoms with van der Waals surface area (Å²) in [6.45, 7) is 1.27. The summed E-state index contributed by atoms with van der Waals surface area (Å²) < 4.78 is 5.34. The van der Waals surface area contributed by atoms with Crippen molar-refractivity contribution >= 4 is 11.8 Å². The van der Waals surface area contributed by atoms with Crippen LogP contribution in [-0.2, 0) is 17.8 Å². The van der Waals surface area contributed by atoms with Crippen LogP contribution in [0, 0.1) is 0 Å². The fraction of sp³-hybridized carbons (Fsp3) is 0.316. The Balaban J connectivity index is 1.36. The number of anilines is 1. The van der Waals surface area contributed by atoms with Gasteiger partial charge >= 0.3 is 6.09 Å². The lowest BCUT2D eigenvalue weighted by atomic mass is 9.81. The molecule has 1 aliphatic carbocycles. The van der Waals surface area contributed by atoms with E-state index in [1.807, 2.05) is 30.3 Å². The Kier molecular flexibility index (Phi) is 3.66. The molecule has 4 nitrogen and oxygen atoms in total. The number of hydrogen-bond donors (Lipinski definition) is 2. The van der Waals surface area contributed by atoms with Gasteiger partial charge in [-0.2, -0.15) is 0 Å². The highest BCUT2D eigenvalue weighted by Crippen LogP contribution is 2.41. The zero-order valence-electron chi connectivity index (χ0n) is 12.9. The molecule has 2 aromatic rings. The fourth-order valence-corrected chi connectivity index (χ4v) is 3.70. The molecule has 0 aromatic heterocycles. The van der Waals surface area contributed by atoms with Crippen LogP contribution in [0.1, 0.15) is 29.0 Å². The molecule has 0 fully saturated rings. The number of ether oxygens (including phenoxy) is 1. The highest BCUT2D eigenvalue weighted by atomic mass is 16.5. The van der Waals surface area contributed by atoms with Crippen LogP contribution in [0.2, 0.25) is 0 Å². The van der Waals surface area contributed by atoms with Gasteiger partial charge in [0.1, 0.15) is 6.61 Å². The highest BCUT2D eigenvalue weighted by Gasteiger charge is 2.33. The summed E-state index contributed by atoms with van der Waals surface area (Å²) in [7, 11) is 0. The monoisotopic (exact) mass is 308 g/mol. The van der Waals surface area contributed by atoms with Crippen molar-refractivity contribution in [2.24, 2.45) is 0 Å². The molecule has 0 saturated carbocycles. The maximum Gasteiger partial charge on any atom is 0.407 e. The van der Waals surface area contributed by atoms with Crippen molar-refractivity contribution < 1.29 is 9.53 Å². The molecule has 2 aliphatic rings. The standard InChI is InChI=1S/C19H20N2O2/c22-19(23-12-13-5-2-1-3-6-13)21-16-9-14-7-4-8-17-18(14)15(10-16)11-20-17/h1-8,15-16,20H,9-12H2,(H,21,22)/t15-,16+/m0/s1. The van der Waals surface area contributed by atoms with Crippen molar-refractivity contribution in [3.63, 3.8) is 0 Å². The second-order valence-corrected chi connectivity index (χ2v) is 6.30. The first-order valence-electron chi connectivity index (χ1n) is 8.12. The van der Waals surface area contributed by atoms with Gasteiger partial charge in [-0.05, 0) is 35.6 Å². The zero-order chi connectivity index (χ0) is 15.6. The smallest absolute Gasteiger partial charge is 0.407 e. The van der Waals surface area contributed by atoms with E-state index >= 15 is 0 Å². The van der Waals surface area contributed by atoms with Gasteiger partial charge < -0.3 is 15.4 Å². The fourth-order valence-electron chi connectivity index (χ4n) is 3.70. The summed E-state index contributed by atoms with van der Waals surface area (Å²) in [5, 5.41) is 6.49. The molecule has 1 amide bonds. The largest absolute Gasteiger partial charge is 0.445 e. The van der Waals surface area contributed by atoms with E-state index < -0.39 is 0 Å². The molecule has 1 aliphatic heterocycles. The number of amides is 1. The summed E-state index contributed by atoms with van der Waals surface area (Å²) >= 11 is 0. The van der Waals surface area contributed by atoms with Gasteiger partial charge in [-0.25, -0.2) is 4.79 Å². The molecule has 4 rings (SSSR count). The minimum absolute atomic E-state index is 0.144. The van der Waals surface area contributed by atoms with Crippen LogP contribution in [0.4, 0.5) is 10.5 Å². The maximum absolute atomic E-state index is 12.1. The van der Waals surface area contributed by atoms with E-state index in [1.165, 1.54) is 16.8 Å². The Bertz CT molecular complexity index is 715. The van der Waals surface area contributed by atoms with E-state index in [0.717, 1.165) is 24.9 Å². The number of benzene rings is 2. The lowest BCUT2D eigenvalue weighted by Gasteiger charge is -2.28. The number of nitrogens with one attached hydrogen (secondary N) is 2. The van der Waals surface area contributed by atoms with E-state index in [-0.39, 0.29) is 12.1 Å². The summed E-state index contributed by atoms with van der Waals surface area (Å²) in [4.78, 5) is 12.1. The zero-order valence-corrected chi connectivity index (χ0v) is 12.9. The van der Waals surface area contributed by atoms with E-state index in [0.29, 0.717) is 12.5 Å². The van der Waals surface area contributed by atoms with Crippen molar-refractivity contribution in [1.29, 1.82) is 0 Å². The Morgan fingerprint density at radius 3 is 2.91 bits per heavy atom. The number of carbonyl (C=O) groups excluding carboxylic acids is 1. The van der Waals surface area contributed by atoms with Crippen LogP contribution in [0.25, 0.3) is 0 Å². The molecule has 0 saturated heterocycles. The molecule has 0 bridgehead atoms. The molecule has 0 radical (unpaired) electrons. The third kappa shape index (κ3) is 2.89. The topological polar surface area (TPSA) is 50.4 Å². The van der Waals surface area contributed by atoms with Crippen molar-refractivity contribution in [3.8, 4) is 0 Å². The van der Waals surface area contributed by atoms with Gasteiger partial charge in [-0.3, -0.25) is 0 Å². The van der Waals surface area contributed by atoms with Gasteiger partial charge in [-0.1, -0.05) is 42.5 Å². The summed E-state index contributed by atoms with van der Waals surface area (Å²) in [5.41, 5.74) is 5.05. The molecule has 2 atom stereocenters. The average molecular weight is 308 g/mol. The number of rotatable bonds is 3. The van der Waals surface area contributed by atoms with Gasteiger partial charge in [0, 0.05) is 24.2 Å². The highest BCUT2D eigenvalue weighted by molar-refractivity contribution is 5.68. The van der Waals surface area contributed by atoms with Crippen molar-refractivity contribution in [1.82, 2.24) is 5.32 Å². The first-order valence-corrected chi connectivity index (χ1v) is 8.12. The lowest BCUT2D eigenvalue weighted by Crippen LogP contribution is -2.40. The average Bonchev–Trinajstić information content (AvgIpc) is 2.99. The molecule has 2 aromatic carbocycles. The Morgan fingerprint density at radius 1 is 1.17 bits per heavy atom. The SMILES string of the molecule is O=C(N[C@@H]1Cc2cccc3c2[C@H](CN3)C1)OCc1ccccc1. The Labute approximate surface area is 135 Å². The number of alkyl carbamates (subject to hydrolysis) is 1. The van der Waals surface area contributed by atoms with E-state index in [2.05, 4.69) is 28.8 Å². The lowest BCUT2D eigenvalue weighted by molar-refractivity contribution is 0.134. The Morgan fingerprint density at radius 2 is 2.04 bits per heavy atom. The predicted molar refractivity (Wildman–Crippen MR) is 89.5 cm³/mol. The van der Waals surface area contributed by atoms with Gasteiger partial charge in [0.2, 0.25) is 0 Å². The van der Waals surface area contributed by atoms with E-state index in [9.17, 15) is 4.79 Å². The maximum atomic E-state index is 12.1. The predicted octanol–water partition coefficient (Wildman–Crippen LogP) is 3.44. The van der Waals surface area contributed by atoms with Crippen molar-refractivity contribution in [2.45, 2.75) is 31.4 Å². The first-order chi connectivity index (χ1) is 11.3. The van der Waals surface area contributed by atoms with Crippen LogP contribution < -0.4 is 10.6 Å². The van der Waals surface area contributed by atoms with Crippen LogP contribution in [0.3, 0.4) is 0 Å². The molecule has 23 heavy (non-hydrogen) atoms. The minimum atomic E-state index is -0.329. The molecule has 0 spiro atoms. The second-order valence-electron chi connectivity index (χ2n) is 6.30. The number of hydrogen-bond acceptors (Lipinski definition) is 3. The number of carbonyl (C=O) groups is 1. The normalized spacial score (nSPS) is 21.2. The molecule has 1 heterocycles. The van der Waals surface area contributed by atoms with Crippen LogP contribution in [-0.4, -0.2) is 18.7 Å². The van der Waals surface area contributed by atoms with E-state index in [4.69, 9.17) is 4.74 Å². The van der Waals surface area contributed by atoms with Crippen LogP contribution in [0.5, 0.6) is 0 Å². The summed E-state index contributed by atoms with van der Waals surface area (Å²) in [6.07, 6.45) is 1.52. The van der Waals surface area contributed by atoms with Crippen LogP contribution >= 0.6 is 0 Å². The molecular weight excluding hydrogens is 288 g/mol. The molecule has 4 heteroatoms. The second kappa shape index (κ2) is 5.95. The third-order valence-corrected chi connectivity index (χ3v) is 4.71. The van der Waals surface area contributed by atoms with Crippen LogP contribution in [0.15, 0.2) is 48.5 Å². The Hall–Kier alpha value is -2.49. The van der Waals surface area contributed by atoms with Gasteiger partial charge in [0.05, 0.1) is 0 Å². The molecule has 118 valence electrons. The first kappa shape index (κ1) is 14.1. The van der Waals surface area contributed by atoms with Gasteiger partial charge in [-0.15, -0.1) is 0 Å². The molecular formula is C19H20N2O2. The summed E-state index contributed by atoms with van der Waals surface area (Å²) in [6, 6.07) is 16.3. The van der Waals surface area contributed by atoms with Gasteiger partial charge in [0.15, 0.2) is 0 Å². The van der Waals surface area contributed by atoms with E-state index in [1.54, 1.807) is 0 Å². The quantitative estimate of drug-likeness (QED) is 0.913.